The van der Waals surface area contributed by atoms with Crippen molar-refractivity contribution in [1.82, 2.24) is 14.8 Å². The van der Waals surface area contributed by atoms with E-state index in [4.69, 9.17) is 21.3 Å². The third-order valence-electron chi connectivity index (χ3n) is 10.8. The number of pyridine rings is 1. The second-order valence-corrected chi connectivity index (χ2v) is 16.8. The van der Waals surface area contributed by atoms with Gasteiger partial charge in [0.25, 0.3) is 0 Å². The summed E-state index contributed by atoms with van der Waals surface area (Å²) in [5, 5.41) is 11.5. The first kappa shape index (κ1) is 35.8. The summed E-state index contributed by atoms with van der Waals surface area (Å²) in [6.45, 7) is 21.8. The number of carboxylic acids is 1. The fourth-order valence-electron chi connectivity index (χ4n) is 7.89. The molecule has 2 aromatic carbocycles. The van der Waals surface area contributed by atoms with Gasteiger partial charge in [0.2, 0.25) is 0 Å². The number of benzene rings is 2. The molecular weight excluding hydrogens is 632 g/mol. The summed E-state index contributed by atoms with van der Waals surface area (Å²) in [6, 6.07) is 13.1. The van der Waals surface area contributed by atoms with E-state index in [-0.39, 0.29) is 5.41 Å². The molecule has 3 aliphatic rings. The molecule has 3 aliphatic heterocycles. The topological polar surface area (TPSA) is 69.1 Å². The lowest BCUT2D eigenvalue weighted by atomic mass is 9.81. The number of likely N-dealkylation sites (tertiary alicyclic amines) is 1. The number of piperidine rings is 1. The SMILES string of the molecule is Cc1cccc(Cl)c1CN1CCc2cc(-c3c(CN4CCCC4)nc(C)c([C@H](OC(C)(C)C)C(=O)O)c3N3CCC(C)(C)CC3)ccc2C1. The van der Waals surface area contributed by atoms with Gasteiger partial charge in [-0.25, -0.2) is 4.79 Å². The van der Waals surface area contributed by atoms with Crippen molar-refractivity contribution in [2.24, 2.45) is 5.41 Å². The largest absolute Gasteiger partial charge is 0.479 e. The molecule has 3 aromatic rings. The van der Waals surface area contributed by atoms with Crippen LogP contribution in [0.25, 0.3) is 11.1 Å². The van der Waals surface area contributed by atoms with Crippen LogP contribution in [0.1, 0.15) is 106 Å². The Hall–Kier alpha value is -2.97. The Balaban J connectivity index is 1.47. The lowest BCUT2D eigenvalue weighted by molar-refractivity contribution is -0.160. The summed E-state index contributed by atoms with van der Waals surface area (Å²) in [4.78, 5) is 25.8. The van der Waals surface area contributed by atoms with Crippen LogP contribution in [-0.2, 0) is 35.6 Å². The number of hydrogen-bond acceptors (Lipinski definition) is 6. The van der Waals surface area contributed by atoms with Gasteiger partial charge in [-0.15, -0.1) is 0 Å². The minimum absolute atomic E-state index is 0.242. The Morgan fingerprint density at radius 1 is 0.980 bits per heavy atom. The Bertz CT molecular complexity index is 1660. The summed E-state index contributed by atoms with van der Waals surface area (Å²) in [5.41, 5.74) is 10.4. The molecule has 0 unspecified atom stereocenters. The van der Waals surface area contributed by atoms with Crippen molar-refractivity contribution in [3.8, 4) is 11.1 Å². The van der Waals surface area contributed by atoms with Crippen molar-refractivity contribution >= 4 is 23.3 Å². The van der Waals surface area contributed by atoms with Gasteiger partial charge in [0.15, 0.2) is 6.10 Å². The Labute approximate surface area is 298 Å². The summed E-state index contributed by atoms with van der Waals surface area (Å²) in [7, 11) is 0. The minimum Gasteiger partial charge on any atom is -0.479 e. The zero-order valence-corrected chi connectivity index (χ0v) is 31.4. The van der Waals surface area contributed by atoms with E-state index in [2.05, 4.69) is 59.7 Å². The van der Waals surface area contributed by atoms with E-state index in [1.165, 1.54) is 35.1 Å². The predicted octanol–water partition coefficient (Wildman–Crippen LogP) is 8.74. The monoisotopic (exact) mass is 686 g/mol. The zero-order chi connectivity index (χ0) is 35.1. The number of rotatable bonds is 9. The summed E-state index contributed by atoms with van der Waals surface area (Å²) in [5.74, 6) is -0.976. The third kappa shape index (κ3) is 8.17. The van der Waals surface area contributed by atoms with Crippen LogP contribution >= 0.6 is 11.6 Å². The molecule has 7 nitrogen and oxygen atoms in total. The molecule has 1 atom stereocenters. The van der Waals surface area contributed by atoms with Crippen LogP contribution in [-0.4, -0.2) is 64.2 Å². The number of ether oxygens (including phenoxy) is 1. The number of aryl methyl sites for hydroxylation is 2. The average molecular weight is 687 g/mol. The number of halogens is 1. The standard InChI is InChI=1S/C41H55ClN4O3/c1-27-11-10-12-33(42)32(27)25-45-20-15-29-23-30(13-14-31(29)24-45)36-34(26-44-18-8-9-19-44)43-28(2)35(38(39(47)48)49-40(3,4)5)37(36)46-21-16-41(6,7)17-22-46/h10-14,23,38H,8-9,15-22,24-26H2,1-7H3,(H,47,48)/t38-/m0/s1. The third-order valence-corrected chi connectivity index (χ3v) is 11.1. The first-order valence-electron chi connectivity index (χ1n) is 18.2. The molecule has 0 radical (unpaired) electrons. The van der Waals surface area contributed by atoms with Gasteiger partial charge in [-0.1, -0.05) is 55.8 Å². The number of carboxylic acid groups (broad SMARTS) is 1. The highest BCUT2D eigenvalue weighted by Gasteiger charge is 2.37. The maximum atomic E-state index is 13.1. The van der Waals surface area contributed by atoms with E-state index in [1.54, 1.807) is 0 Å². The first-order valence-corrected chi connectivity index (χ1v) is 18.6. The molecule has 264 valence electrons. The average Bonchev–Trinajstić information content (AvgIpc) is 3.54. The van der Waals surface area contributed by atoms with Crippen LogP contribution in [0.3, 0.4) is 0 Å². The lowest BCUT2D eigenvalue weighted by Crippen LogP contribution is -2.39. The lowest BCUT2D eigenvalue weighted by Gasteiger charge is -2.41. The van der Waals surface area contributed by atoms with Gasteiger partial charge in [0, 0.05) is 61.1 Å². The van der Waals surface area contributed by atoms with E-state index in [0.717, 1.165) is 105 Å². The summed E-state index contributed by atoms with van der Waals surface area (Å²) >= 11 is 6.62. The highest BCUT2D eigenvalue weighted by Crippen LogP contribution is 2.46. The maximum Gasteiger partial charge on any atom is 0.337 e. The number of aromatic nitrogens is 1. The van der Waals surface area contributed by atoms with Crippen molar-refractivity contribution < 1.29 is 14.6 Å². The second kappa shape index (κ2) is 14.3. The number of carbonyl (C=O) groups is 1. The van der Waals surface area contributed by atoms with Crippen molar-refractivity contribution in [3.05, 3.63) is 80.6 Å². The molecule has 0 amide bonds. The van der Waals surface area contributed by atoms with Gasteiger partial charge in [-0.3, -0.25) is 14.8 Å². The quantitative estimate of drug-likeness (QED) is 0.241. The number of fused-ring (bicyclic) bond motifs is 1. The number of hydrogen-bond donors (Lipinski definition) is 1. The number of nitrogens with zero attached hydrogens (tertiary/aromatic N) is 4. The van der Waals surface area contributed by atoms with Crippen LogP contribution in [0.15, 0.2) is 36.4 Å². The smallest absolute Gasteiger partial charge is 0.337 e. The van der Waals surface area contributed by atoms with Gasteiger partial charge < -0.3 is 14.7 Å². The number of aliphatic carboxylic acids is 1. The van der Waals surface area contributed by atoms with Crippen LogP contribution in [0.5, 0.6) is 0 Å². The minimum atomic E-state index is -1.13. The Kier molecular flexibility index (Phi) is 10.5. The molecule has 49 heavy (non-hydrogen) atoms. The Morgan fingerprint density at radius 3 is 2.35 bits per heavy atom. The second-order valence-electron chi connectivity index (χ2n) is 16.3. The van der Waals surface area contributed by atoms with Crippen molar-refractivity contribution in [2.75, 3.05) is 37.6 Å². The van der Waals surface area contributed by atoms with E-state index in [0.29, 0.717) is 5.56 Å². The van der Waals surface area contributed by atoms with Gasteiger partial charge in [-0.2, -0.15) is 0 Å². The van der Waals surface area contributed by atoms with Crippen LogP contribution in [0.4, 0.5) is 5.69 Å². The van der Waals surface area contributed by atoms with E-state index in [1.807, 2.05) is 39.8 Å². The van der Waals surface area contributed by atoms with E-state index < -0.39 is 17.7 Å². The molecule has 0 aliphatic carbocycles. The van der Waals surface area contributed by atoms with Gasteiger partial charge in [0.1, 0.15) is 0 Å². The summed E-state index contributed by atoms with van der Waals surface area (Å²) < 4.78 is 6.38. The van der Waals surface area contributed by atoms with Crippen LogP contribution in [0.2, 0.25) is 5.02 Å². The molecule has 2 fully saturated rings. The van der Waals surface area contributed by atoms with Gasteiger partial charge in [-0.05, 0) is 119 Å². The normalized spacial score (nSPS) is 19.2. The zero-order valence-electron chi connectivity index (χ0n) is 30.7. The molecule has 0 bridgehead atoms. The van der Waals surface area contributed by atoms with Gasteiger partial charge in [0.05, 0.1) is 17.0 Å². The fraction of sp³-hybridized carbons (Fsp3) is 0.561. The van der Waals surface area contributed by atoms with Crippen molar-refractivity contribution in [1.29, 1.82) is 0 Å². The summed E-state index contributed by atoms with van der Waals surface area (Å²) in [6.07, 6.45) is 4.29. The molecule has 0 spiro atoms. The molecule has 1 aromatic heterocycles. The van der Waals surface area contributed by atoms with Crippen LogP contribution < -0.4 is 4.90 Å². The Morgan fingerprint density at radius 2 is 1.69 bits per heavy atom. The highest BCUT2D eigenvalue weighted by atomic mass is 35.5. The molecule has 2 saturated heterocycles. The van der Waals surface area contributed by atoms with E-state index >= 15 is 0 Å². The molecule has 1 N–H and O–H groups in total. The van der Waals surface area contributed by atoms with Crippen LogP contribution in [0, 0.1) is 19.3 Å². The predicted molar refractivity (Wildman–Crippen MR) is 199 cm³/mol. The molecule has 8 heteroatoms. The van der Waals surface area contributed by atoms with Crippen molar-refractivity contribution in [2.45, 2.75) is 112 Å². The van der Waals surface area contributed by atoms with Crippen molar-refractivity contribution in [3.63, 3.8) is 0 Å². The first-order chi connectivity index (χ1) is 23.2. The number of anilines is 1. The highest BCUT2D eigenvalue weighted by molar-refractivity contribution is 6.31. The van der Waals surface area contributed by atoms with E-state index in [9.17, 15) is 9.90 Å². The molecular formula is C41H55ClN4O3. The molecule has 0 saturated carbocycles. The maximum absolute atomic E-state index is 13.1. The fourth-order valence-corrected chi connectivity index (χ4v) is 8.17. The van der Waals surface area contributed by atoms with Gasteiger partial charge >= 0.3 is 5.97 Å². The molecule has 4 heterocycles. The molecule has 6 rings (SSSR count).